The van der Waals surface area contributed by atoms with Gasteiger partial charge in [0.15, 0.2) is 16.2 Å². The number of carbonyl (C=O) groups excluding carboxylic acids is 1. The SMILES string of the molecule is CCOc1ccc(-c2ccc(N3CCN(C(=O)c4ccc(Br)o4)CC3)nn2)cc1. The molecule has 7 nitrogen and oxygen atoms in total. The fourth-order valence-electron chi connectivity index (χ4n) is 3.26. The first-order chi connectivity index (χ1) is 14.1. The molecule has 2 aromatic heterocycles. The van der Waals surface area contributed by atoms with Gasteiger partial charge in [-0.25, -0.2) is 0 Å². The van der Waals surface area contributed by atoms with E-state index in [1.54, 1.807) is 17.0 Å². The third-order valence-corrected chi connectivity index (χ3v) is 5.21. The number of halogens is 1. The van der Waals surface area contributed by atoms with Gasteiger partial charge in [0.25, 0.3) is 5.91 Å². The molecule has 0 bridgehead atoms. The normalized spacial score (nSPS) is 14.1. The van der Waals surface area contributed by atoms with E-state index < -0.39 is 0 Å². The Kier molecular flexibility index (Phi) is 5.80. The summed E-state index contributed by atoms with van der Waals surface area (Å²) in [5.74, 6) is 1.92. The molecule has 0 radical (unpaired) electrons. The molecule has 3 heterocycles. The minimum Gasteiger partial charge on any atom is -0.494 e. The van der Waals surface area contributed by atoms with E-state index in [1.165, 1.54) is 0 Å². The van der Waals surface area contributed by atoms with Gasteiger partial charge in [-0.15, -0.1) is 10.2 Å². The minimum atomic E-state index is -0.0905. The third kappa shape index (κ3) is 4.42. The van der Waals surface area contributed by atoms with E-state index in [1.807, 2.05) is 43.3 Å². The zero-order chi connectivity index (χ0) is 20.2. The summed E-state index contributed by atoms with van der Waals surface area (Å²) < 4.78 is 11.4. The van der Waals surface area contributed by atoms with Crippen LogP contribution < -0.4 is 9.64 Å². The van der Waals surface area contributed by atoms with Crippen LogP contribution in [0.3, 0.4) is 0 Å². The number of benzene rings is 1. The van der Waals surface area contributed by atoms with Gasteiger partial charge in [0.2, 0.25) is 0 Å². The number of aromatic nitrogens is 2. The fourth-order valence-corrected chi connectivity index (χ4v) is 3.57. The van der Waals surface area contributed by atoms with Crippen LogP contribution in [0.2, 0.25) is 0 Å². The number of amides is 1. The number of carbonyl (C=O) groups is 1. The van der Waals surface area contributed by atoms with E-state index in [0.29, 0.717) is 43.2 Å². The van der Waals surface area contributed by atoms with Crippen molar-refractivity contribution in [1.82, 2.24) is 15.1 Å². The summed E-state index contributed by atoms with van der Waals surface area (Å²) in [5.41, 5.74) is 1.81. The molecular formula is C21H21BrN4O3. The predicted molar refractivity (Wildman–Crippen MR) is 113 cm³/mol. The zero-order valence-electron chi connectivity index (χ0n) is 16.0. The van der Waals surface area contributed by atoms with Crippen molar-refractivity contribution in [1.29, 1.82) is 0 Å². The fraction of sp³-hybridized carbons (Fsp3) is 0.286. The van der Waals surface area contributed by atoms with Crippen LogP contribution >= 0.6 is 15.9 Å². The molecule has 0 unspecified atom stereocenters. The standard InChI is InChI=1S/C21H21BrN4O3/c1-2-28-16-5-3-15(4-6-16)17-7-10-20(24-23-17)25-11-13-26(14-12-25)21(27)18-8-9-19(22)29-18/h3-10H,2,11-14H2,1H3. The van der Waals surface area contributed by atoms with Gasteiger partial charge in [-0.3, -0.25) is 4.79 Å². The Morgan fingerprint density at radius 1 is 1.03 bits per heavy atom. The van der Waals surface area contributed by atoms with Crippen molar-refractivity contribution < 1.29 is 13.9 Å². The number of anilines is 1. The molecule has 0 atom stereocenters. The molecule has 3 aromatic rings. The average Bonchev–Trinajstić information content (AvgIpc) is 3.21. The van der Waals surface area contributed by atoms with Crippen molar-refractivity contribution in [3.05, 3.63) is 59.0 Å². The summed E-state index contributed by atoms with van der Waals surface area (Å²) in [5, 5.41) is 8.76. The van der Waals surface area contributed by atoms with Gasteiger partial charge in [0.05, 0.1) is 12.3 Å². The van der Waals surface area contributed by atoms with Crippen LogP contribution in [0.15, 0.2) is 57.6 Å². The number of hydrogen-bond donors (Lipinski definition) is 0. The van der Waals surface area contributed by atoms with Gasteiger partial charge in [-0.05, 0) is 71.4 Å². The molecule has 1 aromatic carbocycles. The Balaban J connectivity index is 1.37. The summed E-state index contributed by atoms with van der Waals surface area (Å²) in [4.78, 5) is 16.4. The molecule has 4 rings (SSSR count). The largest absolute Gasteiger partial charge is 0.494 e. The molecule has 8 heteroatoms. The van der Waals surface area contributed by atoms with Gasteiger partial charge in [0, 0.05) is 31.7 Å². The lowest BCUT2D eigenvalue weighted by Crippen LogP contribution is -2.49. The van der Waals surface area contributed by atoms with Crippen LogP contribution in [0, 0.1) is 0 Å². The summed E-state index contributed by atoms with van der Waals surface area (Å²) >= 11 is 3.23. The van der Waals surface area contributed by atoms with Gasteiger partial charge >= 0.3 is 0 Å². The van der Waals surface area contributed by atoms with Gasteiger partial charge in [-0.2, -0.15) is 0 Å². The molecular weight excluding hydrogens is 436 g/mol. The van der Waals surface area contributed by atoms with E-state index in [0.717, 1.165) is 22.8 Å². The van der Waals surface area contributed by atoms with E-state index in [9.17, 15) is 4.79 Å². The van der Waals surface area contributed by atoms with Crippen LogP contribution in [-0.2, 0) is 0 Å². The number of hydrogen-bond acceptors (Lipinski definition) is 6. The number of ether oxygens (including phenoxy) is 1. The van der Waals surface area contributed by atoms with Crippen LogP contribution in [-0.4, -0.2) is 53.8 Å². The van der Waals surface area contributed by atoms with Crippen molar-refractivity contribution >= 4 is 27.7 Å². The van der Waals surface area contributed by atoms with E-state index in [2.05, 4.69) is 31.0 Å². The summed E-state index contributed by atoms with van der Waals surface area (Å²) in [6.07, 6.45) is 0. The Hall–Kier alpha value is -2.87. The highest BCUT2D eigenvalue weighted by Crippen LogP contribution is 2.23. The van der Waals surface area contributed by atoms with Crippen molar-refractivity contribution in [3.8, 4) is 17.0 Å². The van der Waals surface area contributed by atoms with Crippen molar-refractivity contribution in [2.45, 2.75) is 6.92 Å². The predicted octanol–water partition coefficient (Wildman–Crippen LogP) is 3.86. The number of rotatable bonds is 5. The van der Waals surface area contributed by atoms with Crippen molar-refractivity contribution in [2.24, 2.45) is 0 Å². The number of nitrogens with zero attached hydrogens (tertiary/aromatic N) is 4. The minimum absolute atomic E-state index is 0.0905. The zero-order valence-corrected chi connectivity index (χ0v) is 17.6. The second kappa shape index (κ2) is 8.65. The molecule has 0 spiro atoms. The van der Waals surface area contributed by atoms with Crippen molar-refractivity contribution in [3.63, 3.8) is 0 Å². The van der Waals surface area contributed by atoms with Gasteiger partial charge in [0.1, 0.15) is 5.75 Å². The Labute approximate surface area is 177 Å². The molecule has 0 aliphatic carbocycles. The van der Waals surface area contributed by atoms with Crippen LogP contribution in [0.25, 0.3) is 11.3 Å². The second-order valence-electron chi connectivity index (χ2n) is 6.62. The number of piperazine rings is 1. The van der Waals surface area contributed by atoms with Crippen molar-refractivity contribution in [2.75, 3.05) is 37.7 Å². The second-order valence-corrected chi connectivity index (χ2v) is 7.40. The Bertz CT molecular complexity index is 964. The molecule has 150 valence electrons. The molecule has 0 saturated carbocycles. The molecule has 29 heavy (non-hydrogen) atoms. The van der Waals surface area contributed by atoms with Gasteiger partial charge in [-0.1, -0.05) is 0 Å². The molecule has 1 amide bonds. The quantitative estimate of drug-likeness (QED) is 0.580. The highest BCUT2D eigenvalue weighted by Gasteiger charge is 2.25. The maximum absolute atomic E-state index is 12.5. The summed E-state index contributed by atoms with van der Waals surface area (Å²) in [7, 11) is 0. The first-order valence-corrected chi connectivity index (χ1v) is 10.3. The van der Waals surface area contributed by atoms with Crippen LogP contribution in [0.4, 0.5) is 5.82 Å². The smallest absolute Gasteiger partial charge is 0.289 e. The molecule has 1 aliphatic heterocycles. The van der Waals surface area contributed by atoms with E-state index >= 15 is 0 Å². The topological polar surface area (TPSA) is 71.7 Å². The first-order valence-electron chi connectivity index (χ1n) is 9.50. The first kappa shape index (κ1) is 19.4. The third-order valence-electron chi connectivity index (χ3n) is 4.79. The highest BCUT2D eigenvalue weighted by molar-refractivity contribution is 9.10. The lowest BCUT2D eigenvalue weighted by Gasteiger charge is -2.34. The van der Waals surface area contributed by atoms with E-state index in [-0.39, 0.29) is 5.91 Å². The molecule has 1 saturated heterocycles. The highest BCUT2D eigenvalue weighted by atomic mass is 79.9. The Morgan fingerprint density at radius 2 is 1.79 bits per heavy atom. The maximum atomic E-state index is 12.5. The monoisotopic (exact) mass is 456 g/mol. The van der Waals surface area contributed by atoms with Crippen LogP contribution in [0.1, 0.15) is 17.5 Å². The average molecular weight is 457 g/mol. The number of furan rings is 1. The Morgan fingerprint density at radius 3 is 2.38 bits per heavy atom. The molecule has 1 fully saturated rings. The summed E-state index contributed by atoms with van der Waals surface area (Å²) in [6, 6.07) is 15.2. The lowest BCUT2D eigenvalue weighted by atomic mass is 10.1. The summed E-state index contributed by atoms with van der Waals surface area (Å²) in [6.45, 7) is 5.23. The lowest BCUT2D eigenvalue weighted by molar-refractivity contribution is 0.0713. The van der Waals surface area contributed by atoms with Gasteiger partial charge < -0.3 is 19.0 Å². The maximum Gasteiger partial charge on any atom is 0.289 e. The molecule has 1 aliphatic rings. The van der Waals surface area contributed by atoms with Crippen LogP contribution in [0.5, 0.6) is 5.75 Å². The molecule has 0 N–H and O–H groups in total. The van der Waals surface area contributed by atoms with E-state index in [4.69, 9.17) is 9.15 Å².